The maximum Gasteiger partial charge on any atom is 0.138 e. The topological polar surface area (TPSA) is 33.0 Å². The molecule has 0 aromatic heterocycles. The normalized spacial score (nSPS) is 26.7. The van der Waals surface area contributed by atoms with E-state index in [0.717, 1.165) is 24.2 Å². The summed E-state index contributed by atoms with van der Waals surface area (Å²) in [6.07, 6.45) is 11.2. The lowest BCUT2D eigenvalue weighted by atomic mass is 9.71. The van der Waals surface area contributed by atoms with Gasteiger partial charge in [-0.1, -0.05) is 69.0 Å². The van der Waals surface area contributed by atoms with Gasteiger partial charge in [0, 0.05) is 5.92 Å². The second kappa shape index (κ2) is 9.98. The molecule has 3 heteroatoms. The Morgan fingerprint density at radius 2 is 1.87 bits per heavy atom. The second-order valence-corrected chi connectivity index (χ2v) is 10.0. The quantitative estimate of drug-likeness (QED) is 0.499. The third-order valence-electron chi connectivity index (χ3n) is 7.22. The molecule has 0 saturated heterocycles. The van der Waals surface area contributed by atoms with Gasteiger partial charge < -0.3 is 4.74 Å². The minimum absolute atomic E-state index is 0.0378. The van der Waals surface area contributed by atoms with Crippen molar-refractivity contribution in [2.24, 2.45) is 11.8 Å². The van der Waals surface area contributed by atoms with Gasteiger partial charge in [-0.3, -0.25) is 0 Å². The van der Waals surface area contributed by atoms with E-state index in [1.54, 1.807) is 0 Å². The van der Waals surface area contributed by atoms with E-state index in [-0.39, 0.29) is 6.10 Å². The molecule has 1 saturated carbocycles. The third kappa shape index (κ3) is 4.58. The number of fused-ring (bicyclic) bond motifs is 1. The molecular weight excluding hydrogens is 385 g/mol. The van der Waals surface area contributed by atoms with Gasteiger partial charge in [0.25, 0.3) is 0 Å². The third-order valence-corrected chi connectivity index (χ3v) is 7.82. The van der Waals surface area contributed by atoms with Gasteiger partial charge in [0.05, 0.1) is 5.56 Å². The van der Waals surface area contributed by atoms with E-state index in [9.17, 15) is 5.26 Å². The van der Waals surface area contributed by atoms with Crippen molar-refractivity contribution in [3.63, 3.8) is 0 Å². The first-order valence-corrected chi connectivity index (χ1v) is 12.4. The van der Waals surface area contributed by atoms with Crippen LogP contribution in [0.4, 0.5) is 0 Å². The SMILES string of the molecule is CCc1cccc(OC2c3ccccc3CCC2C2CCCCCC(P)C2)c1C#N. The number of hydrogen-bond acceptors (Lipinski definition) is 2. The first kappa shape index (κ1) is 21.4. The Hall–Kier alpha value is -1.84. The fourth-order valence-electron chi connectivity index (χ4n) is 5.61. The smallest absolute Gasteiger partial charge is 0.138 e. The number of hydrogen-bond donors (Lipinski definition) is 0. The zero-order valence-electron chi connectivity index (χ0n) is 18.1. The maximum absolute atomic E-state index is 9.84. The van der Waals surface area contributed by atoms with Crippen LogP contribution in [0.25, 0.3) is 0 Å². The molecular formula is C27H34NOP. The van der Waals surface area contributed by atoms with Crippen LogP contribution in [0.2, 0.25) is 0 Å². The van der Waals surface area contributed by atoms with Crippen molar-refractivity contribution in [1.29, 1.82) is 5.26 Å². The molecule has 0 bridgehead atoms. The summed E-state index contributed by atoms with van der Waals surface area (Å²) >= 11 is 0. The molecule has 2 nitrogen and oxygen atoms in total. The highest BCUT2D eigenvalue weighted by atomic mass is 31.0. The Morgan fingerprint density at radius 3 is 2.70 bits per heavy atom. The minimum atomic E-state index is 0.0378. The number of nitrogens with zero attached hydrogens (tertiary/aromatic N) is 1. The summed E-state index contributed by atoms with van der Waals surface area (Å²) in [4.78, 5) is 0. The molecule has 2 aromatic rings. The average Bonchev–Trinajstić information content (AvgIpc) is 2.76. The van der Waals surface area contributed by atoms with Gasteiger partial charge in [0.15, 0.2) is 0 Å². The number of benzene rings is 2. The number of aryl methyl sites for hydroxylation is 2. The first-order chi connectivity index (χ1) is 14.7. The molecule has 0 N–H and O–H groups in total. The van der Waals surface area contributed by atoms with Crippen LogP contribution in [-0.4, -0.2) is 5.66 Å². The Kier molecular flexibility index (Phi) is 7.12. The molecule has 0 radical (unpaired) electrons. The predicted octanol–water partition coefficient (Wildman–Crippen LogP) is 7.02. The van der Waals surface area contributed by atoms with Crippen LogP contribution in [0.3, 0.4) is 0 Å². The molecule has 4 rings (SSSR count). The van der Waals surface area contributed by atoms with Gasteiger partial charge in [-0.2, -0.15) is 5.26 Å². The van der Waals surface area contributed by atoms with E-state index >= 15 is 0 Å². The molecule has 5 unspecified atom stereocenters. The van der Waals surface area contributed by atoms with E-state index < -0.39 is 0 Å². The Morgan fingerprint density at radius 1 is 1.03 bits per heavy atom. The Balaban J connectivity index is 1.70. The van der Waals surface area contributed by atoms with E-state index in [0.29, 0.717) is 23.1 Å². The maximum atomic E-state index is 9.84. The van der Waals surface area contributed by atoms with Crippen molar-refractivity contribution >= 4 is 9.24 Å². The molecule has 2 aliphatic rings. The van der Waals surface area contributed by atoms with Crippen LogP contribution in [0.5, 0.6) is 5.75 Å². The first-order valence-electron chi connectivity index (χ1n) is 11.7. The second-order valence-electron chi connectivity index (χ2n) is 9.09. The molecule has 0 spiro atoms. The molecule has 158 valence electrons. The van der Waals surface area contributed by atoms with Crippen LogP contribution in [0, 0.1) is 23.2 Å². The van der Waals surface area contributed by atoms with E-state index in [1.807, 2.05) is 18.2 Å². The van der Waals surface area contributed by atoms with Crippen LogP contribution < -0.4 is 4.74 Å². The fourth-order valence-corrected chi connectivity index (χ4v) is 6.20. The lowest BCUT2D eigenvalue weighted by Crippen LogP contribution is -2.32. The van der Waals surface area contributed by atoms with Crippen molar-refractivity contribution in [2.75, 3.05) is 0 Å². The number of ether oxygens (including phenoxy) is 1. The molecule has 5 atom stereocenters. The Labute approximate surface area is 184 Å². The minimum Gasteiger partial charge on any atom is -0.484 e. The van der Waals surface area contributed by atoms with Crippen molar-refractivity contribution < 1.29 is 4.74 Å². The number of rotatable bonds is 4. The zero-order valence-corrected chi connectivity index (χ0v) is 19.3. The molecule has 0 heterocycles. The fraction of sp³-hybridized carbons (Fsp3) is 0.519. The molecule has 0 aliphatic heterocycles. The van der Waals surface area contributed by atoms with Crippen LogP contribution in [0.1, 0.15) is 80.2 Å². The van der Waals surface area contributed by atoms with Gasteiger partial charge in [0.1, 0.15) is 17.9 Å². The molecule has 1 fully saturated rings. The lowest BCUT2D eigenvalue weighted by Gasteiger charge is -2.40. The molecule has 30 heavy (non-hydrogen) atoms. The van der Waals surface area contributed by atoms with Crippen LogP contribution >= 0.6 is 9.24 Å². The van der Waals surface area contributed by atoms with Gasteiger partial charge in [-0.05, 0) is 66.4 Å². The molecule has 2 aromatic carbocycles. The molecule has 0 amide bonds. The van der Waals surface area contributed by atoms with Crippen LogP contribution in [-0.2, 0) is 12.8 Å². The van der Waals surface area contributed by atoms with Gasteiger partial charge >= 0.3 is 0 Å². The summed E-state index contributed by atoms with van der Waals surface area (Å²) in [6, 6.07) is 17.3. The lowest BCUT2D eigenvalue weighted by molar-refractivity contribution is 0.0681. The standard InChI is InChI=1S/C27H34NOP/c1-2-19-11-8-14-26(25(19)18-28)29-27-23-13-7-6-9-20(23)15-16-24(27)21-10-4-3-5-12-22(30)17-21/h6-9,11,13-14,21-22,24,27H,2-5,10,12,15-17,30H2,1H3. The summed E-state index contributed by atoms with van der Waals surface area (Å²) < 4.78 is 6.79. The van der Waals surface area contributed by atoms with E-state index in [1.165, 1.54) is 56.1 Å². The van der Waals surface area contributed by atoms with E-state index in [2.05, 4.69) is 46.5 Å². The monoisotopic (exact) mass is 419 g/mol. The number of nitriles is 1. The van der Waals surface area contributed by atoms with Crippen LogP contribution in [0.15, 0.2) is 42.5 Å². The van der Waals surface area contributed by atoms with Gasteiger partial charge in [-0.25, -0.2) is 0 Å². The predicted molar refractivity (Wildman–Crippen MR) is 127 cm³/mol. The average molecular weight is 420 g/mol. The zero-order chi connectivity index (χ0) is 20.9. The summed E-state index contributed by atoms with van der Waals surface area (Å²) in [5.74, 6) is 1.96. The largest absolute Gasteiger partial charge is 0.484 e. The van der Waals surface area contributed by atoms with Crippen molar-refractivity contribution in [3.8, 4) is 11.8 Å². The highest BCUT2D eigenvalue weighted by Gasteiger charge is 2.37. The summed E-state index contributed by atoms with van der Waals surface area (Å²) in [5.41, 5.74) is 5.25. The summed E-state index contributed by atoms with van der Waals surface area (Å²) in [5, 5.41) is 9.84. The Bertz CT molecular complexity index is 902. The van der Waals surface area contributed by atoms with Crippen molar-refractivity contribution in [3.05, 3.63) is 64.7 Å². The van der Waals surface area contributed by atoms with Gasteiger partial charge in [-0.15, -0.1) is 9.24 Å². The van der Waals surface area contributed by atoms with Crippen molar-refractivity contribution in [1.82, 2.24) is 0 Å². The summed E-state index contributed by atoms with van der Waals surface area (Å²) in [6.45, 7) is 2.10. The van der Waals surface area contributed by atoms with Crippen molar-refractivity contribution in [2.45, 2.75) is 76.5 Å². The molecule has 2 aliphatic carbocycles. The van der Waals surface area contributed by atoms with E-state index in [4.69, 9.17) is 4.74 Å². The highest BCUT2D eigenvalue weighted by Crippen LogP contribution is 2.46. The van der Waals surface area contributed by atoms with Gasteiger partial charge in [0.2, 0.25) is 0 Å². The summed E-state index contributed by atoms with van der Waals surface area (Å²) in [7, 11) is 3.11. The highest BCUT2D eigenvalue weighted by molar-refractivity contribution is 7.17.